The van der Waals surface area contributed by atoms with Crippen molar-refractivity contribution in [2.45, 2.75) is 64.6 Å². The quantitative estimate of drug-likeness (QED) is 0.304. The van der Waals surface area contributed by atoms with Crippen molar-refractivity contribution in [2.24, 2.45) is 0 Å². The molecule has 0 unspecified atom stereocenters. The molecule has 0 radical (unpaired) electrons. The van der Waals surface area contributed by atoms with E-state index in [0.29, 0.717) is 18.8 Å². The number of rotatable bonds is 13. The van der Waals surface area contributed by atoms with Crippen molar-refractivity contribution in [3.05, 3.63) is 89.7 Å². The van der Waals surface area contributed by atoms with E-state index in [-0.39, 0.29) is 29.1 Å². The summed E-state index contributed by atoms with van der Waals surface area (Å²) in [6, 6.07) is 17.3. The summed E-state index contributed by atoms with van der Waals surface area (Å²) >= 11 is 0. The monoisotopic (exact) mass is 583 g/mol. The molecule has 3 rings (SSSR count). The lowest BCUT2D eigenvalue weighted by molar-refractivity contribution is -0.139. The van der Waals surface area contributed by atoms with E-state index in [1.54, 1.807) is 31.2 Å². The molecule has 220 valence electrons. The number of sulfonamides is 1. The fourth-order valence-electron chi connectivity index (χ4n) is 4.19. The topological polar surface area (TPSA) is 96.0 Å². The summed E-state index contributed by atoms with van der Waals surface area (Å²) in [5, 5.41) is 2.91. The summed E-state index contributed by atoms with van der Waals surface area (Å²) in [7, 11) is -4.30. The number of amides is 2. The summed E-state index contributed by atoms with van der Waals surface area (Å²) in [4.78, 5) is 28.3. The van der Waals surface area contributed by atoms with Crippen LogP contribution in [0.2, 0.25) is 0 Å². The summed E-state index contributed by atoms with van der Waals surface area (Å²) in [5.74, 6) is -0.955. The molecule has 0 saturated heterocycles. The van der Waals surface area contributed by atoms with Crippen LogP contribution in [-0.4, -0.2) is 50.4 Å². The number of hydrogen-bond donors (Lipinski definition) is 1. The van der Waals surface area contributed by atoms with Crippen molar-refractivity contribution in [1.82, 2.24) is 10.2 Å². The number of nitrogens with zero attached hydrogens (tertiary/aromatic N) is 2. The van der Waals surface area contributed by atoms with Crippen molar-refractivity contribution in [3.8, 4) is 5.75 Å². The van der Waals surface area contributed by atoms with E-state index >= 15 is 0 Å². The second-order valence-corrected chi connectivity index (χ2v) is 11.8. The minimum absolute atomic E-state index is 0.0971. The number of nitrogens with one attached hydrogen (secondary N) is 1. The van der Waals surface area contributed by atoms with Gasteiger partial charge >= 0.3 is 0 Å². The molecule has 0 bridgehead atoms. The molecule has 0 saturated carbocycles. The van der Waals surface area contributed by atoms with E-state index < -0.39 is 34.3 Å². The van der Waals surface area contributed by atoms with Crippen LogP contribution in [0.1, 0.15) is 45.2 Å². The predicted molar refractivity (Wildman–Crippen MR) is 158 cm³/mol. The third kappa shape index (κ3) is 8.29. The van der Waals surface area contributed by atoms with Gasteiger partial charge in [-0.2, -0.15) is 0 Å². The van der Waals surface area contributed by atoms with Crippen LogP contribution in [0.15, 0.2) is 77.7 Å². The molecule has 3 aromatic carbocycles. The first kappa shape index (κ1) is 31.6. The predicted octanol–water partition coefficient (Wildman–Crippen LogP) is 5.06. The molecule has 2 amide bonds. The fraction of sp³-hybridized carbons (Fsp3) is 0.355. The first-order valence-electron chi connectivity index (χ1n) is 13.6. The number of benzene rings is 3. The molecule has 0 aromatic heterocycles. The van der Waals surface area contributed by atoms with Crippen molar-refractivity contribution in [1.29, 1.82) is 0 Å². The normalized spacial score (nSPS) is 12.7. The number of anilines is 1. The largest absolute Gasteiger partial charge is 0.494 e. The smallest absolute Gasteiger partial charge is 0.264 e. The summed E-state index contributed by atoms with van der Waals surface area (Å²) in [6.07, 6.45) is 0.714. The summed E-state index contributed by atoms with van der Waals surface area (Å²) < 4.78 is 47.7. The first-order valence-corrected chi connectivity index (χ1v) is 15.1. The molecule has 1 N–H and O–H groups in total. The van der Waals surface area contributed by atoms with Gasteiger partial charge in [0, 0.05) is 12.6 Å². The molecule has 0 fully saturated rings. The molecule has 3 aromatic rings. The van der Waals surface area contributed by atoms with Gasteiger partial charge in [-0.15, -0.1) is 0 Å². The Kier molecular flexibility index (Phi) is 10.9. The van der Waals surface area contributed by atoms with Gasteiger partial charge in [0.2, 0.25) is 11.8 Å². The number of hydrogen-bond acceptors (Lipinski definition) is 5. The highest BCUT2D eigenvalue weighted by Gasteiger charge is 2.33. The van der Waals surface area contributed by atoms with Gasteiger partial charge in [0.15, 0.2) is 0 Å². The lowest BCUT2D eigenvalue weighted by Crippen LogP contribution is -2.52. The van der Waals surface area contributed by atoms with Crippen molar-refractivity contribution < 1.29 is 27.1 Å². The molecule has 10 heteroatoms. The minimum atomic E-state index is -4.30. The molecular weight excluding hydrogens is 545 g/mol. The highest BCUT2D eigenvalue weighted by molar-refractivity contribution is 7.92. The van der Waals surface area contributed by atoms with Gasteiger partial charge in [-0.25, -0.2) is 12.8 Å². The number of aryl methyl sites for hydroxylation is 1. The summed E-state index contributed by atoms with van der Waals surface area (Å²) in [6.45, 7) is 9.16. The summed E-state index contributed by atoms with van der Waals surface area (Å²) in [5.41, 5.74) is 2.01. The number of ether oxygens (including phenoxy) is 1. The Bertz CT molecular complexity index is 1430. The highest BCUT2D eigenvalue weighted by atomic mass is 32.2. The molecular formula is C31H38FN3O5S. The van der Waals surface area contributed by atoms with Gasteiger partial charge in [0.05, 0.1) is 17.2 Å². The zero-order valence-corrected chi connectivity index (χ0v) is 24.9. The van der Waals surface area contributed by atoms with Crippen LogP contribution in [0, 0.1) is 12.7 Å². The Hall–Kier alpha value is -3.92. The average molecular weight is 584 g/mol. The molecule has 2 atom stereocenters. The van der Waals surface area contributed by atoms with Gasteiger partial charge < -0.3 is 15.0 Å². The minimum Gasteiger partial charge on any atom is -0.494 e. The lowest BCUT2D eigenvalue weighted by atomic mass is 10.1. The second-order valence-electron chi connectivity index (χ2n) is 9.90. The molecule has 0 aliphatic rings. The molecule has 0 spiro atoms. The van der Waals surface area contributed by atoms with E-state index in [1.807, 2.05) is 52.0 Å². The average Bonchev–Trinajstić information content (AvgIpc) is 2.95. The van der Waals surface area contributed by atoms with Crippen molar-refractivity contribution >= 4 is 27.5 Å². The second kappa shape index (κ2) is 14.1. The van der Waals surface area contributed by atoms with Gasteiger partial charge in [-0.1, -0.05) is 36.8 Å². The maximum absolute atomic E-state index is 14.0. The fourth-order valence-corrected chi connectivity index (χ4v) is 5.61. The Labute approximate surface area is 242 Å². The zero-order chi connectivity index (χ0) is 30.2. The van der Waals surface area contributed by atoms with E-state index in [9.17, 15) is 22.4 Å². The van der Waals surface area contributed by atoms with Crippen LogP contribution < -0.4 is 14.4 Å². The Morgan fingerprint density at radius 3 is 2.22 bits per heavy atom. The first-order chi connectivity index (χ1) is 19.5. The molecule has 0 aliphatic heterocycles. The third-order valence-electron chi connectivity index (χ3n) is 6.72. The maximum Gasteiger partial charge on any atom is 0.264 e. The van der Waals surface area contributed by atoms with Crippen LogP contribution in [0.4, 0.5) is 10.1 Å². The van der Waals surface area contributed by atoms with Gasteiger partial charge in [-0.3, -0.25) is 13.9 Å². The third-order valence-corrected chi connectivity index (χ3v) is 8.51. The molecule has 41 heavy (non-hydrogen) atoms. The lowest BCUT2D eigenvalue weighted by Gasteiger charge is -2.32. The van der Waals surface area contributed by atoms with Crippen LogP contribution in [0.3, 0.4) is 0 Å². The Balaban J connectivity index is 2.03. The van der Waals surface area contributed by atoms with Gasteiger partial charge in [0.1, 0.15) is 24.2 Å². The number of halogens is 1. The van der Waals surface area contributed by atoms with E-state index in [4.69, 9.17) is 4.74 Å². The molecule has 8 nitrogen and oxygen atoms in total. The van der Waals surface area contributed by atoms with Gasteiger partial charge in [0.25, 0.3) is 10.0 Å². The van der Waals surface area contributed by atoms with Crippen LogP contribution in [-0.2, 0) is 26.2 Å². The Morgan fingerprint density at radius 2 is 1.63 bits per heavy atom. The van der Waals surface area contributed by atoms with Crippen molar-refractivity contribution in [2.75, 3.05) is 17.5 Å². The molecule has 0 aliphatic carbocycles. The Morgan fingerprint density at radius 1 is 0.976 bits per heavy atom. The molecule has 0 heterocycles. The van der Waals surface area contributed by atoms with Crippen molar-refractivity contribution in [3.63, 3.8) is 0 Å². The highest BCUT2D eigenvalue weighted by Crippen LogP contribution is 2.27. The standard InChI is InChI=1S/C31H38FN3O5S/c1-6-23(4)33-31(37)24(5)34(20-25-10-8-9-22(3)19-25)30(36)21-35(27-13-15-28(16-14-27)40-7-2)41(38,39)29-17-11-26(32)12-18-29/h8-19,23-24H,6-7,20-21H2,1-5H3,(H,33,37)/t23-,24-/m0/s1. The number of carbonyl (C=O) groups excluding carboxylic acids is 2. The zero-order valence-electron chi connectivity index (χ0n) is 24.1. The van der Waals surface area contributed by atoms with Crippen LogP contribution in [0.5, 0.6) is 5.75 Å². The van der Waals surface area contributed by atoms with E-state index in [1.165, 1.54) is 4.90 Å². The number of carbonyl (C=O) groups is 2. The van der Waals surface area contributed by atoms with Crippen LogP contribution in [0.25, 0.3) is 0 Å². The van der Waals surface area contributed by atoms with E-state index in [2.05, 4.69) is 5.32 Å². The van der Waals surface area contributed by atoms with Crippen LogP contribution >= 0.6 is 0 Å². The maximum atomic E-state index is 14.0. The van der Waals surface area contributed by atoms with E-state index in [0.717, 1.165) is 39.7 Å². The SMILES string of the molecule is CCOc1ccc(N(CC(=O)N(Cc2cccc(C)c2)[C@@H](C)C(=O)N[C@@H](C)CC)S(=O)(=O)c2ccc(F)cc2)cc1. The van der Waals surface area contributed by atoms with Gasteiger partial charge in [-0.05, 0) is 88.2 Å².